The zero-order valence-electron chi connectivity index (χ0n) is 10.6. The minimum Gasteiger partial charge on any atom is -0.465 e. The Morgan fingerprint density at radius 3 is 2.88 bits per heavy atom. The van der Waals surface area contributed by atoms with Crippen molar-refractivity contribution in [1.82, 2.24) is 5.32 Å². The van der Waals surface area contributed by atoms with Crippen molar-refractivity contribution >= 4 is 12.2 Å². The lowest BCUT2D eigenvalue weighted by Gasteiger charge is -2.11. The van der Waals surface area contributed by atoms with Crippen molar-refractivity contribution < 1.29 is 14.7 Å². The summed E-state index contributed by atoms with van der Waals surface area (Å²) in [6.45, 7) is 4.82. The van der Waals surface area contributed by atoms with Gasteiger partial charge in [0.1, 0.15) is 6.04 Å². The topological polar surface area (TPSA) is 96.9 Å². The summed E-state index contributed by atoms with van der Waals surface area (Å²) in [6.07, 6.45) is 3.82. The third-order valence-electron chi connectivity index (χ3n) is 2.29. The molecule has 0 bridgehead atoms. The summed E-state index contributed by atoms with van der Waals surface area (Å²) in [7, 11) is 0. The van der Waals surface area contributed by atoms with Crippen molar-refractivity contribution in [3.8, 4) is 0 Å². The first-order chi connectivity index (χ1) is 8.11. The Bertz CT molecular complexity index is 234. The highest BCUT2D eigenvalue weighted by Crippen LogP contribution is 2.00. The summed E-state index contributed by atoms with van der Waals surface area (Å²) in [5.74, 6) is -0.332. The van der Waals surface area contributed by atoms with Crippen LogP contribution in [0, 0.1) is 0 Å². The third-order valence-corrected chi connectivity index (χ3v) is 2.29. The lowest BCUT2D eigenvalue weighted by atomic mass is 10.1. The fourth-order valence-corrected chi connectivity index (χ4v) is 1.34. The molecule has 6 nitrogen and oxygen atoms in total. The molecule has 0 radical (unpaired) electrons. The molecule has 0 aromatic heterocycles. The Hall–Kier alpha value is -1.14. The molecule has 0 aliphatic heterocycles. The molecule has 4 N–H and O–H groups in total. The average molecular weight is 245 g/mol. The van der Waals surface area contributed by atoms with Crippen LogP contribution in [-0.2, 0) is 9.53 Å². The minimum atomic E-state index is -0.522. The number of nitrogens with two attached hydrogens (primary N) is 1. The zero-order valence-corrected chi connectivity index (χ0v) is 10.6. The average Bonchev–Trinajstić information content (AvgIpc) is 2.29. The van der Waals surface area contributed by atoms with E-state index in [1.165, 1.54) is 6.21 Å². The molecule has 6 heteroatoms. The normalized spacial score (nSPS) is 14.8. The van der Waals surface area contributed by atoms with Gasteiger partial charge in [-0.25, -0.2) is 0 Å². The summed E-state index contributed by atoms with van der Waals surface area (Å²) < 4.78 is 4.81. The van der Waals surface area contributed by atoms with Gasteiger partial charge in [-0.3, -0.25) is 4.79 Å². The number of hydrogen-bond donors (Lipinski definition) is 3. The SMILES string of the molecule is CCOC(=O)[C@@H](N)CCCCNC(C)/C=N\O. The van der Waals surface area contributed by atoms with Gasteiger partial charge < -0.3 is 21.0 Å². The van der Waals surface area contributed by atoms with E-state index in [-0.39, 0.29) is 12.0 Å². The lowest BCUT2D eigenvalue weighted by Crippen LogP contribution is -2.32. The summed E-state index contributed by atoms with van der Waals surface area (Å²) >= 11 is 0. The molecule has 0 aromatic rings. The molecule has 0 amide bonds. The van der Waals surface area contributed by atoms with E-state index < -0.39 is 6.04 Å². The molecule has 0 spiro atoms. The smallest absolute Gasteiger partial charge is 0.322 e. The maximum absolute atomic E-state index is 11.2. The molecule has 17 heavy (non-hydrogen) atoms. The molecular weight excluding hydrogens is 222 g/mol. The summed E-state index contributed by atoms with van der Waals surface area (Å²) in [6, 6.07) is -0.481. The number of oxime groups is 1. The molecule has 0 saturated heterocycles. The monoisotopic (exact) mass is 245 g/mol. The van der Waals surface area contributed by atoms with Crippen LogP contribution in [0.1, 0.15) is 33.1 Å². The maximum Gasteiger partial charge on any atom is 0.322 e. The van der Waals surface area contributed by atoms with Crippen LogP contribution in [0.4, 0.5) is 0 Å². The number of carbonyl (C=O) groups is 1. The van der Waals surface area contributed by atoms with Gasteiger partial charge in [0, 0.05) is 6.04 Å². The first kappa shape index (κ1) is 15.9. The standard InChI is InChI=1S/C11H23N3O3/c1-3-17-11(15)10(12)6-4-5-7-13-9(2)8-14-16/h8-10,13,16H,3-7,12H2,1-2H3/b14-8-/t9?,10-/m0/s1. The van der Waals surface area contributed by atoms with Crippen LogP contribution in [0.15, 0.2) is 5.16 Å². The van der Waals surface area contributed by atoms with Crippen LogP contribution < -0.4 is 11.1 Å². The Morgan fingerprint density at radius 2 is 2.29 bits per heavy atom. The predicted molar refractivity (Wildman–Crippen MR) is 66.2 cm³/mol. The number of ether oxygens (including phenoxy) is 1. The van der Waals surface area contributed by atoms with Crippen LogP contribution in [0.3, 0.4) is 0 Å². The van der Waals surface area contributed by atoms with Crippen LogP contribution in [0.2, 0.25) is 0 Å². The van der Waals surface area contributed by atoms with Crippen molar-refractivity contribution in [1.29, 1.82) is 0 Å². The van der Waals surface area contributed by atoms with Crippen molar-refractivity contribution in [3.63, 3.8) is 0 Å². The molecule has 0 aliphatic rings. The molecule has 0 rings (SSSR count). The number of nitrogens with zero attached hydrogens (tertiary/aromatic N) is 1. The Balaban J connectivity index is 3.48. The molecule has 0 heterocycles. The number of hydrogen-bond acceptors (Lipinski definition) is 6. The Labute approximate surface area is 102 Å². The van der Waals surface area contributed by atoms with Crippen molar-refractivity contribution in [2.45, 2.75) is 45.2 Å². The maximum atomic E-state index is 11.2. The highest BCUT2D eigenvalue weighted by Gasteiger charge is 2.13. The van der Waals surface area contributed by atoms with E-state index in [9.17, 15) is 4.79 Å². The third kappa shape index (κ3) is 8.65. The van der Waals surface area contributed by atoms with Gasteiger partial charge in [0.05, 0.1) is 12.8 Å². The van der Waals surface area contributed by atoms with Crippen molar-refractivity contribution in [2.24, 2.45) is 10.9 Å². The Morgan fingerprint density at radius 1 is 1.59 bits per heavy atom. The highest BCUT2D eigenvalue weighted by molar-refractivity contribution is 5.75. The second kappa shape index (κ2) is 10.0. The fraction of sp³-hybridized carbons (Fsp3) is 0.818. The highest BCUT2D eigenvalue weighted by atomic mass is 16.5. The van der Waals surface area contributed by atoms with Crippen LogP contribution in [0.5, 0.6) is 0 Å². The Kier molecular flexibility index (Phi) is 9.37. The molecule has 0 fully saturated rings. The lowest BCUT2D eigenvalue weighted by molar-refractivity contribution is -0.144. The van der Waals surface area contributed by atoms with E-state index in [0.29, 0.717) is 13.0 Å². The molecule has 1 unspecified atom stereocenters. The van der Waals surface area contributed by atoms with Crippen molar-refractivity contribution in [2.75, 3.05) is 13.2 Å². The fourth-order valence-electron chi connectivity index (χ4n) is 1.34. The van der Waals surface area contributed by atoms with Gasteiger partial charge >= 0.3 is 5.97 Å². The van der Waals surface area contributed by atoms with Gasteiger partial charge in [-0.15, -0.1) is 5.16 Å². The van der Waals surface area contributed by atoms with Crippen molar-refractivity contribution in [3.05, 3.63) is 0 Å². The van der Waals surface area contributed by atoms with Crippen LogP contribution in [0.25, 0.3) is 0 Å². The quantitative estimate of drug-likeness (QED) is 0.180. The number of carbonyl (C=O) groups excluding carboxylic acids is 1. The number of unbranched alkanes of at least 4 members (excludes halogenated alkanes) is 1. The van der Waals surface area contributed by atoms with Gasteiger partial charge in [-0.2, -0.15) is 0 Å². The number of rotatable bonds is 9. The number of esters is 1. The van der Waals surface area contributed by atoms with Gasteiger partial charge in [0.15, 0.2) is 0 Å². The summed E-state index contributed by atoms with van der Waals surface area (Å²) in [4.78, 5) is 11.2. The van der Waals surface area contributed by atoms with Crippen LogP contribution >= 0.6 is 0 Å². The van der Waals surface area contributed by atoms with Gasteiger partial charge in [-0.1, -0.05) is 6.42 Å². The summed E-state index contributed by atoms with van der Waals surface area (Å²) in [5, 5.41) is 14.4. The molecule has 100 valence electrons. The van der Waals surface area contributed by atoms with E-state index >= 15 is 0 Å². The van der Waals surface area contributed by atoms with E-state index in [2.05, 4.69) is 10.5 Å². The van der Waals surface area contributed by atoms with Crippen LogP contribution in [-0.4, -0.2) is 42.6 Å². The van der Waals surface area contributed by atoms with E-state index in [1.54, 1.807) is 6.92 Å². The molecule has 0 saturated carbocycles. The van der Waals surface area contributed by atoms with E-state index in [0.717, 1.165) is 19.4 Å². The first-order valence-electron chi connectivity index (χ1n) is 5.95. The second-order valence-corrected chi connectivity index (χ2v) is 3.86. The molecule has 0 aliphatic carbocycles. The molecular formula is C11H23N3O3. The van der Waals surface area contributed by atoms with Gasteiger partial charge in [0.25, 0.3) is 0 Å². The zero-order chi connectivity index (χ0) is 13.1. The predicted octanol–water partition coefficient (Wildman–Crippen LogP) is 0.485. The van der Waals surface area contributed by atoms with E-state index in [1.807, 2.05) is 6.92 Å². The first-order valence-corrected chi connectivity index (χ1v) is 5.95. The number of nitrogens with one attached hydrogen (secondary N) is 1. The van der Waals surface area contributed by atoms with Gasteiger partial charge in [-0.05, 0) is 33.2 Å². The van der Waals surface area contributed by atoms with Gasteiger partial charge in [0.2, 0.25) is 0 Å². The van der Waals surface area contributed by atoms with E-state index in [4.69, 9.17) is 15.7 Å². The molecule has 0 aromatic carbocycles. The molecule has 2 atom stereocenters. The minimum absolute atomic E-state index is 0.0405. The summed E-state index contributed by atoms with van der Waals surface area (Å²) in [5.41, 5.74) is 5.64. The second-order valence-electron chi connectivity index (χ2n) is 3.86. The largest absolute Gasteiger partial charge is 0.465 e.